The third kappa shape index (κ3) is 31.5. The van der Waals surface area contributed by atoms with Crippen LogP contribution < -0.4 is 0 Å². The molecule has 0 aliphatic heterocycles. The molecule has 0 spiro atoms. The fraction of sp³-hybridized carbons (Fsp3) is 1.00. The molecule has 0 heterocycles. The Morgan fingerprint density at radius 1 is 0.600 bits per heavy atom. The second kappa shape index (κ2) is 10.6. The van der Waals surface area contributed by atoms with Gasteiger partial charge >= 0.3 is 0 Å². The lowest BCUT2D eigenvalue weighted by atomic mass is 9.57. The summed E-state index contributed by atoms with van der Waals surface area (Å²) in [6.07, 6.45) is 2.45. The Labute approximate surface area is 102 Å². The lowest BCUT2D eigenvalue weighted by Crippen LogP contribution is -2.14. The first-order chi connectivity index (χ1) is 4.71. The summed E-state index contributed by atoms with van der Waals surface area (Å²) in [6, 6.07) is 0. The lowest BCUT2D eigenvalue weighted by Gasteiger charge is -2.22. The van der Waals surface area contributed by atoms with E-state index in [0.717, 1.165) is 0 Å². The largest absolute Gasteiger partial charge is 0.110 e. The van der Waals surface area contributed by atoms with Crippen molar-refractivity contribution in [1.29, 1.82) is 0 Å². The van der Waals surface area contributed by atoms with E-state index >= 15 is 0 Å². The molecular weight excluding hydrogens is 179 g/mol. The first-order valence-electron chi connectivity index (χ1n) is 4.52. The molecule has 0 fully saturated rings. The molecule has 0 aliphatic rings. The summed E-state index contributed by atoms with van der Waals surface area (Å²) < 4.78 is 0. The van der Waals surface area contributed by atoms with E-state index in [-0.39, 0.29) is 29.7 Å². The fourth-order valence-corrected chi connectivity index (χ4v) is 0.938. The highest BCUT2D eigenvalue weighted by molar-refractivity contribution is 6.35. The minimum absolute atomic E-state index is 0. The van der Waals surface area contributed by atoms with Crippen LogP contribution in [0, 0.1) is 10.8 Å². The van der Waals surface area contributed by atoms with Crippen LogP contribution in [0.15, 0.2) is 0 Å². The smallest absolute Gasteiger partial charge is 0.0776 e. The van der Waals surface area contributed by atoms with Crippen LogP contribution in [0.5, 0.6) is 0 Å². The predicted molar refractivity (Wildman–Crippen MR) is 81.2 cm³/mol. The Morgan fingerprint density at radius 3 is 0.933 bits per heavy atom. The van der Waals surface area contributed by atoms with Crippen molar-refractivity contribution in [3.63, 3.8) is 0 Å². The van der Waals surface area contributed by atoms with Crippen LogP contribution in [0.1, 0.15) is 71.2 Å². The van der Waals surface area contributed by atoms with Gasteiger partial charge in [0.05, 0.1) is 0 Å². The Morgan fingerprint density at radius 2 is 0.800 bits per heavy atom. The van der Waals surface area contributed by atoms with E-state index in [4.69, 9.17) is 0 Å². The maximum Gasteiger partial charge on any atom is 0.110 e. The molecule has 97 valence electrons. The van der Waals surface area contributed by atoms with E-state index in [0.29, 0.717) is 10.8 Å². The van der Waals surface area contributed by atoms with Gasteiger partial charge in [0.1, 0.15) is 7.28 Å². The van der Waals surface area contributed by atoms with Gasteiger partial charge in [0.15, 0.2) is 0 Å². The molecule has 0 unspecified atom stereocenters. The molecule has 0 atom stereocenters. The van der Waals surface area contributed by atoms with Crippen molar-refractivity contribution in [1.82, 2.24) is 0 Å². The van der Waals surface area contributed by atoms with Crippen LogP contribution in [0.3, 0.4) is 0 Å². The molecule has 15 heavy (non-hydrogen) atoms. The summed E-state index contributed by atoms with van der Waals surface area (Å²) >= 11 is 0. The second-order valence-corrected chi connectivity index (χ2v) is 5.82. The summed E-state index contributed by atoms with van der Waals surface area (Å²) in [7, 11) is 2.42. The molecule has 0 nitrogen and oxygen atoms in total. The zero-order valence-corrected chi connectivity index (χ0v) is 8.99. The van der Waals surface area contributed by atoms with Crippen molar-refractivity contribution >= 4 is 7.28 Å². The number of hydrogen-bond donors (Lipinski definition) is 0. The highest BCUT2D eigenvalue weighted by atomic mass is 14.1. The quantitative estimate of drug-likeness (QED) is 0.485. The van der Waals surface area contributed by atoms with E-state index in [9.17, 15) is 0 Å². The highest BCUT2D eigenvalue weighted by Crippen LogP contribution is 2.24. The summed E-state index contributed by atoms with van der Waals surface area (Å²) in [4.78, 5) is 0. The van der Waals surface area contributed by atoms with Gasteiger partial charge in [-0.2, -0.15) is 0 Å². The number of rotatable bonds is 2. The molecule has 0 saturated carbocycles. The maximum absolute atomic E-state index is 2.42. The van der Waals surface area contributed by atoms with Gasteiger partial charge < -0.3 is 0 Å². The van der Waals surface area contributed by atoms with Crippen LogP contribution in [0.25, 0.3) is 0 Å². The van der Waals surface area contributed by atoms with Crippen LogP contribution in [0.2, 0.25) is 12.6 Å². The molecular formula is C14H38B. The second-order valence-electron chi connectivity index (χ2n) is 5.82. The Balaban J connectivity index is -0.0000000833. The molecule has 0 bridgehead atoms. The Kier molecular flexibility index (Phi) is 20.7. The average Bonchev–Trinajstić information content (AvgIpc) is 1.55. The molecule has 0 aromatic heterocycles. The minimum Gasteiger partial charge on any atom is -0.0776 e. The third-order valence-electron chi connectivity index (χ3n) is 1.51. The molecule has 0 amide bonds. The molecule has 0 saturated heterocycles. The van der Waals surface area contributed by atoms with E-state index in [1.165, 1.54) is 12.6 Å². The lowest BCUT2D eigenvalue weighted by molar-refractivity contribution is 0.445. The first kappa shape index (κ1) is 29.4. The molecule has 0 aromatic rings. The van der Waals surface area contributed by atoms with Gasteiger partial charge in [-0.25, -0.2) is 0 Å². The van der Waals surface area contributed by atoms with Crippen molar-refractivity contribution in [3.8, 4) is 0 Å². The van der Waals surface area contributed by atoms with Gasteiger partial charge in [0.2, 0.25) is 0 Å². The van der Waals surface area contributed by atoms with Gasteiger partial charge in [-0.3, -0.25) is 0 Å². The van der Waals surface area contributed by atoms with Crippen molar-refractivity contribution < 1.29 is 0 Å². The highest BCUT2D eigenvalue weighted by Gasteiger charge is 2.14. The SMILES string of the molecule is C.C.C.C.CC(C)(C)C[B]CC(C)(C)C. The van der Waals surface area contributed by atoms with E-state index in [1.807, 2.05) is 0 Å². The number of hydrogen-bond acceptors (Lipinski definition) is 0. The summed E-state index contributed by atoms with van der Waals surface area (Å²) in [6.45, 7) is 13.7. The van der Waals surface area contributed by atoms with Crippen LogP contribution in [-0.2, 0) is 0 Å². The topological polar surface area (TPSA) is 0 Å². The van der Waals surface area contributed by atoms with Crippen LogP contribution in [-0.4, -0.2) is 7.28 Å². The maximum atomic E-state index is 2.42. The van der Waals surface area contributed by atoms with Gasteiger partial charge in [-0.15, -0.1) is 0 Å². The zero-order valence-electron chi connectivity index (χ0n) is 8.99. The van der Waals surface area contributed by atoms with E-state index in [1.54, 1.807) is 0 Å². The summed E-state index contributed by atoms with van der Waals surface area (Å²) in [5.41, 5.74) is 0.927. The first-order valence-corrected chi connectivity index (χ1v) is 4.52. The molecule has 0 aliphatic carbocycles. The van der Waals surface area contributed by atoms with Crippen molar-refractivity contribution in [2.45, 2.75) is 83.9 Å². The van der Waals surface area contributed by atoms with Gasteiger partial charge in [-0.05, 0) is 10.8 Å². The standard InChI is InChI=1S/C10H22B.4CH4/c1-9(2,3)7-11-8-10(4,5)6;;;;/h7-8H2,1-6H3;4*1H4. The summed E-state index contributed by atoms with van der Waals surface area (Å²) in [5.74, 6) is 0. The Hall–Kier alpha value is 0.0649. The van der Waals surface area contributed by atoms with Crippen LogP contribution in [0.4, 0.5) is 0 Å². The van der Waals surface area contributed by atoms with Crippen molar-refractivity contribution in [2.75, 3.05) is 0 Å². The molecule has 1 radical (unpaired) electrons. The molecule has 0 N–H and O–H groups in total. The zero-order chi connectivity index (χ0) is 9.12. The third-order valence-corrected chi connectivity index (χ3v) is 1.51. The van der Waals surface area contributed by atoms with Gasteiger partial charge in [0.25, 0.3) is 0 Å². The monoisotopic (exact) mass is 217 g/mol. The van der Waals surface area contributed by atoms with Crippen LogP contribution >= 0.6 is 0 Å². The van der Waals surface area contributed by atoms with E-state index in [2.05, 4.69) is 48.8 Å². The van der Waals surface area contributed by atoms with E-state index < -0.39 is 0 Å². The minimum atomic E-state index is 0. The molecule has 0 aromatic carbocycles. The summed E-state index contributed by atoms with van der Waals surface area (Å²) in [5, 5.41) is 0. The molecule has 1 heteroatoms. The van der Waals surface area contributed by atoms with Crippen molar-refractivity contribution in [2.24, 2.45) is 10.8 Å². The fourth-order valence-electron chi connectivity index (χ4n) is 0.938. The van der Waals surface area contributed by atoms with Gasteiger partial charge in [-0.1, -0.05) is 83.9 Å². The van der Waals surface area contributed by atoms with Gasteiger partial charge in [0, 0.05) is 0 Å². The van der Waals surface area contributed by atoms with Crippen molar-refractivity contribution in [3.05, 3.63) is 0 Å². The Bertz CT molecular complexity index is 89.5. The average molecular weight is 217 g/mol. The predicted octanol–water partition coefficient (Wildman–Crippen LogP) is 6.16. The molecule has 0 rings (SSSR count). The normalized spacial score (nSPS) is 9.73.